The van der Waals surface area contributed by atoms with Crippen molar-refractivity contribution >= 4 is 27.5 Å². The minimum atomic E-state index is -3.53. The molecule has 0 bridgehead atoms. The zero-order valence-electron chi connectivity index (χ0n) is 14.6. The zero-order chi connectivity index (χ0) is 19.2. The molecule has 0 saturated carbocycles. The molecule has 0 aliphatic carbocycles. The van der Waals surface area contributed by atoms with Gasteiger partial charge in [0.05, 0.1) is 11.4 Å². The number of rotatable bonds is 8. The van der Waals surface area contributed by atoms with Crippen molar-refractivity contribution in [2.75, 3.05) is 26.7 Å². The summed E-state index contributed by atoms with van der Waals surface area (Å²) in [7, 11) is -1.87. The topological polar surface area (TPSA) is 75.7 Å². The van der Waals surface area contributed by atoms with Crippen LogP contribution >= 0.6 is 11.6 Å². The Kier molecular flexibility index (Phi) is 7.02. The van der Waals surface area contributed by atoms with Crippen molar-refractivity contribution in [1.82, 2.24) is 9.62 Å². The summed E-state index contributed by atoms with van der Waals surface area (Å²) in [6.07, 6.45) is 0. The van der Waals surface area contributed by atoms with Crippen molar-refractivity contribution in [1.29, 1.82) is 0 Å². The smallest absolute Gasteiger partial charge is 0.253 e. The lowest BCUT2D eigenvalue weighted by atomic mass is 10.2. The summed E-state index contributed by atoms with van der Waals surface area (Å²) in [6, 6.07) is 12.9. The van der Waals surface area contributed by atoms with Crippen molar-refractivity contribution in [3.05, 3.63) is 59.1 Å². The number of hydrogen-bond acceptors (Lipinski definition) is 4. The summed E-state index contributed by atoms with van der Waals surface area (Å²) in [5.41, 5.74) is 0.408. The van der Waals surface area contributed by atoms with E-state index in [0.29, 0.717) is 36.0 Å². The molecule has 0 saturated heterocycles. The van der Waals surface area contributed by atoms with Crippen LogP contribution < -0.4 is 9.46 Å². The summed E-state index contributed by atoms with van der Waals surface area (Å²) in [4.78, 5) is 14.1. The number of ether oxygens (including phenoxy) is 1. The maximum Gasteiger partial charge on any atom is 0.253 e. The van der Waals surface area contributed by atoms with Gasteiger partial charge in [0, 0.05) is 24.2 Å². The van der Waals surface area contributed by atoms with Gasteiger partial charge in [0.25, 0.3) is 5.91 Å². The van der Waals surface area contributed by atoms with Gasteiger partial charge in [-0.1, -0.05) is 24.6 Å². The standard InChI is InChI=1S/C18H21ClN2O4S/c1-3-20-26(23,24)17-9-7-14(8-10-17)18(22)21(2)11-12-25-16-6-4-5-15(19)13-16/h4-10,13,20H,3,11-12H2,1-2H3. The molecule has 8 heteroatoms. The molecule has 0 spiro atoms. The molecule has 0 fully saturated rings. The number of halogens is 1. The van der Waals surface area contributed by atoms with Crippen LogP contribution in [0.1, 0.15) is 17.3 Å². The number of nitrogens with one attached hydrogen (secondary N) is 1. The molecule has 1 amide bonds. The molecule has 2 aromatic carbocycles. The van der Waals surface area contributed by atoms with Crippen LogP contribution in [0.2, 0.25) is 5.02 Å². The average Bonchev–Trinajstić information content (AvgIpc) is 2.61. The van der Waals surface area contributed by atoms with Gasteiger partial charge in [-0.25, -0.2) is 13.1 Å². The maximum atomic E-state index is 12.4. The summed E-state index contributed by atoms with van der Waals surface area (Å²) < 4.78 is 31.8. The largest absolute Gasteiger partial charge is 0.492 e. The van der Waals surface area contributed by atoms with Crippen LogP contribution in [0.4, 0.5) is 0 Å². The first-order valence-electron chi connectivity index (χ1n) is 8.07. The molecule has 0 aliphatic heterocycles. The minimum Gasteiger partial charge on any atom is -0.492 e. The number of hydrogen-bond donors (Lipinski definition) is 1. The number of likely N-dealkylation sites (N-methyl/N-ethyl adjacent to an activating group) is 1. The number of nitrogens with zero attached hydrogens (tertiary/aromatic N) is 1. The van der Waals surface area contributed by atoms with E-state index < -0.39 is 10.0 Å². The Morgan fingerprint density at radius 3 is 2.50 bits per heavy atom. The van der Waals surface area contributed by atoms with E-state index in [1.165, 1.54) is 29.2 Å². The quantitative estimate of drug-likeness (QED) is 0.744. The number of benzene rings is 2. The fourth-order valence-corrected chi connectivity index (χ4v) is 3.45. The second-order valence-electron chi connectivity index (χ2n) is 5.56. The second kappa shape index (κ2) is 9.02. The fourth-order valence-electron chi connectivity index (χ4n) is 2.23. The van der Waals surface area contributed by atoms with E-state index in [4.69, 9.17) is 16.3 Å². The SMILES string of the molecule is CCNS(=O)(=O)c1ccc(C(=O)N(C)CCOc2cccc(Cl)c2)cc1. The lowest BCUT2D eigenvalue weighted by molar-refractivity contribution is 0.0773. The molecule has 0 unspecified atom stereocenters. The third kappa shape index (κ3) is 5.45. The Morgan fingerprint density at radius 1 is 1.19 bits per heavy atom. The van der Waals surface area contributed by atoms with E-state index in [9.17, 15) is 13.2 Å². The third-order valence-corrected chi connectivity index (χ3v) is 5.38. The van der Waals surface area contributed by atoms with Gasteiger partial charge in [-0.2, -0.15) is 0 Å². The molecule has 1 N–H and O–H groups in total. The van der Waals surface area contributed by atoms with Crippen LogP contribution in [-0.2, 0) is 10.0 Å². The predicted molar refractivity (Wildman–Crippen MR) is 101 cm³/mol. The van der Waals surface area contributed by atoms with Gasteiger partial charge in [-0.15, -0.1) is 0 Å². The van der Waals surface area contributed by atoms with Crippen LogP contribution in [0.25, 0.3) is 0 Å². The number of sulfonamides is 1. The monoisotopic (exact) mass is 396 g/mol. The molecule has 6 nitrogen and oxygen atoms in total. The van der Waals surface area contributed by atoms with E-state index >= 15 is 0 Å². The summed E-state index contributed by atoms with van der Waals surface area (Å²) in [5.74, 6) is 0.420. The third-order valence-electron chi connectivity index (χ3n) is 3.58. The summed E-state index contributed by atoms with van der Waals surface area (Å²) in [6.45, 7) is 2.70. The maximum absolute atomic E-state index is 12.4. The van der Waals surface area contributed by atoms with E-state index in [1.807, 2.05) is 0 Å². The first kappa shape index (κ1) is 20.2. The van der Waals surface area contributed by atoms with Gasteiger partial charge in [0.15, 0.2) is 0 Å². The molecular weight excluding hydrogens is 376 g/mol. The lowest BCUT2D eigenvalue weighted by Crippen LogP contribution is -2.31. The Bertz CT molecular complexity index is 854. The Labute approximate surface area is 158 Å². The van der Waals surface area contributed by atoms with E-state index in [0.717, 1.165) is 0 Å². The molecule has 0 aliphatic rings. The molecule has 140 valence electrons. The summed E-state index contributed by atoms with van der Waals surface area (Å²) in [5, 5.41) is 0.583. The van der Waals surface area contributed by atoms with Crippen molar-refractivity contribution in [3.8, 4) is 5.75 Å². The molecular formula is C18H21ClN2O4S. The molecule has 0 atom stereocenters. The Hall–Kier alpha value is -2.09. The van der Waals surface area contributed by atoms with Gasteiger partial charge < -0.3 is 9.64 Å². The van der Waals surface area contributed by atoms with Crippen LogP contribution in [0.5, 0.6) is 5.75 Å². The van der Waals surface area contributed by atoms with Crippen LogP contribution in [0, 0.1) is 0 Å². The Morgan fingerprint density at radius 2 is 1.88 bits per heavy atom. The fraction of sp³-hybridized carbons (Fsp3) is 0.278. The van der Waals surface area contributed by atoms with E-state index in [2.05, 4.69) is 4.72 Å². The number of carbonyl (C=O) groups excluding carboxylic acids is 1. The second-order valence-corrected chi connectivity index (χ2v) is 7.76. The normalized spacial score (nSPS) is 11.2. The molecule has 2 rings (SSSR count). The average molecular weight is 397 g/mol. The summed E-state index contributed by atoms with van der Waals surface area (Å²) >= 11 is 5.89. The highest BCUT2D eigenvalue weighted by Crippen LogP contribution is 2.17. The van der Waals surface area contributed by atoms with Crippen LogP contribution in [0.3, 0.4) is 0 Å². The molecule has 0 heterocycles. The van der Waals surface area contributed by atoms with Crippen molar-refractivity contribution in [3.63, 3.8) is 0 Å². The highest BCUT2D eigenvalue weighted by atomic mass is 35.5. The van der Waals surface area contributed by atoms with Crippen molar-refractivity contribution < 1.29 is 17.9 Å². The first-order chi connectivity index (χ1) is 12.3. The predicted octanol–water partition coefficient (Wildman–Crippen LogP) is 2.79. The van der Waals surface area contributed by atoms with E-state index in [-0.39, 0.29) is 10.8 Å². The molecule has 26 heavy (non-hydrogen) atoms. The minimum absolute atomic E-state index is 0.128. The molecule has 2 aromatic rings. The van der Waals surface area contributed by atoms with Gasteiger partial charge in [-0.05, 0) is 42.5 Å². The van der Waals surface area contributed by atoms with Gasteiger partial charge in [-0.3, -0.25) is 4.79 Å². The van der Waals surface area contributed by atoms with Gasteiger partial charge >= 0.3 is 0 Å². The lowest BCUT2D eigenvalue weighted by Gasteiger charge is -2.18. The first-order valence-corrected chi connectivity index (χ1v) is 9.93. The zero-order valence-corrected chi connectivity index (χ0v) is 16.2. The number of amides is 1. The Balaban J connectivity index is 1.93. The molecule has 0 radical (unpaired) electrons. The van der Waals surface area contributed by atoms with Crippen molar-refractivity contribution in [2.24, 2.45) is 0 Å². The van der Waals surface area contributed by atoms with Crippen LogP contribution in [0.15, 0.2) is 53.4 Å². The van der Waals surface area contributed by atoms with Crippen LogP contribution in [-0.4, -0.2) is 46.0 Å². The van der Waals surface area contributed by atoms with Gasteiger partial charge in [0.2, 0.25) is 10.0 Å². The van der Waals surface area contributed by atoms with Crippen molar-refractivity contribution in [2.45, 2.75) is 11.8 Å². The highest BCUT2D eigenvalue weighted by molar-refractivity contribution is 7.89. The van der Waals surface area contributed by atoms with E-state index in [1.54, 1.807) is 38.2 Å². The number of carbonyl (C=O) groups is 1. The molecule has 0 aromatic heterocycles. The van der Waals surface area contributed by atoms with Gasteiger partial charge in [0.1, 0.15) is 12.4 Å². The highest BCUT2D eigenvalue weighted by Gasteiger charge is 2.15.